The van der Waals surface area contributed by atoms with Crippen molar-refractivity contribution in [2.45, 2.75) is 82.9 Å². The predicted molar refractivity (Wildman–Crippen MR) is 103 cm³/mol. The lowest BCUT2D eigenvalue weighted by molar-refractivity contribution is -0.140. The monoisotopic (exact) mass is 352 g/mol. The summed E-state index contributed by atoms with van der Waals surface area (Å²) in [7, 11) is 1.38. The molecule has 0 spiro atoms. The van der Waals surface area contributed by atoms with Crippen molar-refractivity contribution in [1.82, 2.24) is 0 Å². The Morgan fingerprint density at radius 1 is 0.958 bits per heavy atom. The van der Waals surface area contributed by atoms with Crippen molar-refractivity contribution in [3.63, 3.8) is 0 Å². The maximum Gasteiger partial charge on any atom is 0.328 e. The normalized spacial score (nSPS) is 12.1. The average Bonchev–Trinajstić information content (AvgIpc) is 2.62. The summed E-state index contributed by atoms with van der Waals surface area (Å²) in [6, 6.07) is 7.94. The highest BCUT2D eigenvalue weighted by atomic mass is 35.5. The number of ether oxygens (including phenoxy) is 1. The highest BCUT2D eigenvalue weighted by Crippen LogP contribution is 2.26. The summed E-state index contributed by atoms with van der Waals surface area (Å²) in [4.78, 5) is 11.7. The van der Waals surface area contributed by atoms with Crippen molar-refractivity contribution < 1.29 is 9.53 Å². The molecule has 0 N–H and O–H groups in total. The highest BCUT2D eigenvalue weighted by Gasteiger charge is 2.20. The number of esters is 1. The Kier molecular flexibility index (Phi) is 11.6. The zero-order valence-corrected chi connectivity index (χ0v) is 16.1. The third kappa shape index (κ3) is 8.19. The van der Waals surface area contributed by atoms with E-state index in [1.54, 1.807) is 0 Å². The number of benzene rings is 1. The van der Waals surface area contributed by atoms with Gasteiger partial charge in [-0.1, -0.05) is 89.0 Å². The molecule has 1 aromatic carbocycles. The Bertz CT molecular complexity index is 459. The maximum absolute atomic E-state index is 11.7. The van der Waals surface area contributed by atoms with Crippen LogP contribution in [0, 0.1) is 0 Å². The number of halogens is 1. The van der Waals surface area contributed by atoms with Crippen molar-refractivity contribution >= 4 is 17.6 Å². The van der Waals surface area contributed by atoms with E-state index < -0.39 is 5.38 Å². The summed E-state index contributed by atoms with van der Waals surface area (Å²) in [5.74, 6) is -0.382. The fourth-order valence-electron chi connectivity index (χ4n) is 3.04. The van der Waals surface area contributed by atoms with E-state index in [2.05, 4.69) is 13.0 Å². The van der Waals surface area contributed by atoms with Crippen LogP contribution in [0.5, 0.6) is 0 Å². The van der Waals surface area contributed by atoms with Crippen LogP contribution in [0.4, 0.5) is 0 Å². The molecule has 0 saturated heterocycles. The molecule has 1 unspecified atom stereocenters. The van der Waals surface area contributed by atoms with Gasteiger partial charge in [-0.3, -0.25) is 4.79 Å². The van der Waals surface area contributed by atoms with Crippen molar-refractivity contribution in [3.8, 4) is 0 Å². The first kappa shape index (κ1) is 21.0. The van der Waals surface area contributed by atoms with Gasteiger partial charge in [-0.05, 0) is 24.0 Å². The van der Waals surface area contributed by atoms with Gasteiger partial charge < -0.3 is 4.74 Å². The van der Waals surface area contributed by atoms with Crippen LogP contribution >= 0.6 is 11.6 Å². The van der Waals surface area contributed by atoms with E-state index in [1.807, 2.05) is 18.2 Å². The summed E-state index contributed by atoms with van der Waals surface area (Å²) in [6.07, 6.45) is 14.3. The van der Waals surface area contributed by atoms with E-state index >= 15 is 0 Å². The molecule has 0 fully saturated rings. The zero-order chi connectivity index (χ0) is 17.6. The third-order valence-corrected chi connectivity index (χ3v) is 4.95. The molecule has 1 atom stereocenters. The van der Waals surface area contributed by atoms with Crippen LogP contribution in [0.2, 0.25) is 0 Å². The molecule has 1 aromatic rings. The molecule has 0 radical (unpaired) electrons. The van der Waals surface area contributed by atoms with Gasteiger partial charge in [0, 0.05) is 0 Å². The highest BCUT2D eigenvalue weighted by molar-refractivity contribution is 6.30. The van der Waals surface area contributed by atoms with Crippen LogP contribution in [0.25, 0.3) is 0 Å². The van der Waals surface area contributed by atoms with E-state index in [9.17, 15) is 4.79 Å². The summed E-state index contributed by atoms with van der Waals surface area (Å²) < 4.78 is 4.76. The van der Waals surface area contributed by atoms with Crippen LogP contribution in [0.1, 0.15) is 87.6 Å². The third-order valence-electron chi connectivity index (χ3n) is 4.54. The summed E-state index contributed by atoms with van der Waals surface area (Å²) >= 11 is 6.22. The van der Waals surface area contributed by atoms with Gasteiger partial charge in [0.15, 0.2) is 5.38 Å². The summed E-state index contributed by atoms with van der Waals surface area (Å²) in [6.45, 7) is 2.26. The Balaban J connectivity index is 2.22. The molecule has 24 heavy (non-hydrogen) atoms. The second-order valence-corrected chi connectivity index (χ2v) is 6.95. The number of carbonyl (C=O) groups excluding carboxylic acids is 1. The van der Waals surface area contributed by atoms with E-state index in [1.165, 1.54) is 70.5 Å². The maximum atomic E-state index is 11.7. The van der Waals surface area contributed by atoms with Crippen LogP contribution in [-0.4, -0.2) is 13.1 Å². The lowest BCUT2D eigenvalue weighted by Crippen LogP contribution is -2.10. The molecule has 1 rings (SSSR count). The van der Waals surface area contributed by atoms with Crippen LogP contribution < -0.4 is 0 Å². The van der Waals surface area contributed by atoms with Gasteiger partial charge >= 0.3 is 5.97 Å². The van der Waals surface area contributed by atoms with Crippen LogP contribution in [-0.2, 0) is 16.0 Å². The lowest BCUT2D eigenvalue weighted by atomic mass is 9.98. The van der Waals surface area contributed by atoms with E-state index in [0.29, 0.717) is 0 Å². The molecular weight excluding hydrogens is 320 g/mol. The molecule has 2 nitrogen and oxygen atoms in total. The second kappa shape index (κ2) is 13.3. The number of unbranched alkanes of at least 4 members (excludes halogenated alkanes) is 9. The molecule has 136 valence electrons. The second-order valence-electron chi connectivity index (χ2n) is 6.52. The fraction of sp³-hybridized carbons (Fsp3) is 0.667. The number of rotatable bonds is 13. The van der Waals surface area contributed by atoms with Gasteiger partial charge in [0.05, 0.1) is 7.11 Å². The molecule has 0 aromatic heterocycles. The molecule has 0 amide bonds. The Labute approximate surface area is 152 Å². The minimum atomic E-state index is -0.700. The zero-order valence-electron chi connectivity index (χ0n) is 15.4. The summed E-state index contributed by atoms with van der Waals surface area (Å²) in [5.41, 5.74) is 2.06. The number of alkyl halides is 1. The number of hydrogen-bond acceptors (Lipinski definition) is 2. The summed E-state index contributed by atoms with van der Waals surface area (Å²) in [5, 5.41) is -0.700. The van der Waals surface area contributed by atoms with Crippen molar-refractivity contribution in [1.29, 1.82) is 0 Å². The Morgan fingerprint density at radius 3 is 2.08 bits per heavy atom. The number of hydrogen-bond donors (Lipinski definition) is 0. The first-order valence-corrected chi connectivity index (χ1v) is 9.94. The molecule has 0 aliphatic heterocycles. The van der Waals surface area contributed by atoms with E-state index in [4.69, 9.17) is 16.3 Å². The van der Waals surface area contributed by atoms with E-state index in [-0.39, 0.29) is 5.97 Å². The van der Waals surface area contributed by atoms with Crippen LogP contribution in [0.15, 0.2) is 24.3 Å². The Hall–Kier alpha value is -1.02. The standard InChI is InChI=1S/C21H33ClO2/c1-3-4-5-6-7-8-9-10-11-12-15-18-16-13-14-17-19(18)20(22)21(23)24-2/h13-14,16-17,20H,3-12,15H2,1-2H3. The van der Waals surface area contributed by atoms with E-state index in [0.717, 1.165) is 18.4 Å². The topological polar surface area (TPSA) is 26.3 Å². The van der Waals surface area contributed by atoms with Gasteiger partial charge in [0.25, 0.3) is 0 Å². The van der Waals surface area contributed by atoms with Gasteiger partial charge in [-0.2, -0.15) is 0 Å². The average molecular weight is 353 g/mol. The van der Waals surface area contributed by atoms with Gasteiger partial charge in [0.1, 0.15) is 0 Å². The molecule has 0 heterocycles. The van der Waals surface area contributed by atoms with Gasteiger partial charge in [-0.15, -0.1) is 11.6 Å². The van der Waals surface area contributed by atoms with Gasteiger partial charge in [-0.25, -0.2) is 0 Å². The first-order chi connectivity index (χ1) is 11.7. The minimum Gasteiger partial charge on any atom is -0.468 e. The molecule has 0 saturated carbocycles. The number of methoxy groups -OCH3 is 1. The minimum absolute atomic E-state index is 0.382. The molecular formula is C21H33ClO2. The molecule has 3 heteroatoms. The molecule has 0 aliphatic rings. The van der Waals surface area contributed by atoms with Crippen molar-refractivity contribution in [3.05, 3.63) is 35.4 Å². The molecule has 0 bridgehead atoms. The smallest absolute Gasteiger partial charge is 0.328 e. The lowest BCUT2D eigenvalue weighted by Gasteiger charge is -2.13. The predicted octanol–water partition coefficient (Wildman–Crippen LogP) is 6.60. The first-order valence-electron chi connectivity index (χ1n) is 9.50. The number of carbonyl (C=O) groups is 1. The van der Waals surface area contributed by atoms with Gasteiger partial charge in [0.2, 0.25) is 0 Å². The quantitative estimate of drug-likeness (QED) is 0.227. The van der Waals surface area contributed by atoms with Crippen molar-refractivity contribution in [2.24, 2.45) is 0 Å². The number of aryl methyl sites for hydroxylation is 1. The van der Waals surface area contributed by atoms with Crippen LogP contribution in [0.3, 0.4) is 0 Å². The SMILES string of the molecule is CCCCCCCCCCCCc1ccccc1C(Cl)C(=O)OC. The largest absolute Gasteiger partial charge is 0.468 e. The molecule has 0 aliphatic carbocycles. The van der Waals surface area contributed by atoms with Crippen molar-refractivity contribution in [2.75, 3.05) is 7.11 Å². The fourth-order valence-corrected chi connectivity index (χ4v) is 3.34. The Morgan fingerprint density at radius 2 is 1.50 bits per heavy atom.